The molecule has 0 spiro atoms. The van der Waals surface area contributed by atoms with Crippen LogP contribution >= 0.6 is 0 Å². The first-order valence-corrected chi connectivity index (χ1v) is 5.33. The van der Waals surface area contributed by atoms with Crippen LogP contribution in [0, 0.1) is 0 Å². The number of carbonyl (C=O) groups is 2. The lowest BCUT2D eigenvalue weighted by Crippen LogP contribution is -2.19. The maximum atomic E-state index is 11.4. The summed E-state index contributed by atoms with van der Waals surface area (Å²) in [7, 11) is 1.54. The molecule has 0 fully saturated rings. The fourth-order valence-electron chi connectivity index (χ4n) is 1.23. The Kier molecular flexibility index (Phi) is 5.83. The van der Waals surface area contributed by atoms with Gasteiger partial charge in [0, 0.05) is 12.8 Å². The van der Waals surface area contributed by atoms with Crippen LogP contribution in [0.15, 0.2) is 24.3 Å². The summed E-state index contributed by atoms with van der Waals surface area (Å²) in [6.07, 6.45) is 0. The molecule has 0 aliphatic heterocycles. The number of carbonyl (C=O) groups excluding carboxylic acids is 1. The molecule has 0 unspecified atom stereocenters. The van der Waals surface area contributed by atoms with Gasteiger partial charge in [0.15, 0.2) is 0 Å². The van der Waals surface area contributed by atoms with Gasteiger partial charge >= 0.3 is 5.97 Å². The van der Waals surface area contributed by atoms with Crippen LogP contribution in [0.1, 0.15) is 10.4 Å². The highest BCUT2D eigenvalue weighted by atomic mass is 16.5. The lowest BCUT2D eigenvalue weighted by Gasteiger charge is -2.06. The summed E-state index contributed by atoms with van der Waals surface area (Å²) in [5.41, 5.74) is 0.545. The average Bonchev–Trinajstić information content (AvgIpc) is 2.35. The van der Waals surface area contributed by atoms with Crippen LogP contribution in [-0.4, -0.2) is 43.9 Å². The number of ether oxygens (including phenoxy) is 2. The van der Waals surface area contributed by atoms with Crippen LogP contribution in [0.4, 0.5) is 5.69 Å². The highest BCUT2D eigenvalue weighted by Gasteiger charge is 2.06. The van der Waals surface area contributed by atoms with Crippen molar-refractivity contribution in [3.63, 3.8) is 0 Å². The minimum Gasteiger partial charge on any atom is -0.478 e. The molecule has 98 valence electrons. The van der Waals surface area contributed by atoms with Crippen molar-refractivity contribution in [3.05, 3.63) is 29.8 Å². The highest BCUT2D eigenvalue weighted by molar-refractivity contribution is 5.94. The number of carboxylic acid groups (broad SMARTS) is 1. The third-order valence-corrected chi connectivity index (χ3v) is 2.06. The van der Waals surface area contributed by atoms with Crippen molar-refractivity contribution >= 4 is 17.6 Å². The Labute approximate surface area is 105 Å². The Hall–Kier alpha value is -1.92. The van der Waals surface area contributed by atoms with Crippen LogP contribution < -0.4 is 5.32 Å². The van der Waals surface area contributed by atoms with E-state index in [9.17, 15) is 9.59 Å². The van der Waals surface area contributed by atoms with Crippen molar-refractivity contribution in [2.75, 3.05) is 32.2 Å². The predicted molar refractivity (Wildman–Crippen MR) is 64.7 cm³/mol. The number of aromatic carboxylic acids is 1. The van der Waals surface area contributed by atoms with Gasteiger partial charge in [-0.25, -0.2) is 4.79 Å². The maximum absolute atomic E-state index is 11.4. The second kappa shape index (κ2) is 7.41. The molecule has 0 aliphatic carbocycles. The zero-order valence-corrected chi connectivity index (χ0v) is 10.0. The van der Waals surface area contributed by atoms with Crippen molar-refractivity contribution in [1.29, 1.82) is 0 Å². The summed E-state index contributed by atoms with van der Waals surface area (Å²) in [6, 6.07) is 6.01. The number of methoxy groups -OCH3 is 1. The number of hydrogen-bond acceptors (Lipinski definition) is 4. The molecule has 0 aromatic heterocycles. The van der Waals surface area contributed by atoms with Crippen LogP contribution in [0.5, 0.6) is 0 Å². The zero-order chi connectivity index (χ0) is 13.4. The smallest absolute Gasteiger partial charge is 0.335 e. The molecular weight excluding hydrogens is 238 g/mol. The number of hydrogen-bond donors (Lipinski definition) is 2. The van der Waals surface area contributed by atoms with E-state index in [4.69, 9.17) is 14.6 Å². The monoisotopic (exact) mass is 253 g/mol. The number of carboxylic acids is 1. The quantitative estimate of drug-likeness (QED) is 0.708. The normalized spacial score (nSPS) is 10.1. The molecule has 1 aromatic carbocycles. The van der Waals surface area contributed by atoms with Crippen LogP contribution in [0.2, 0.25) is 0 Å². The van der Waals surface area contributed by atoms with E-state index in [2.05, 4.69) is 5.32 Å². The summed E-state index contributed by atoms with van der Waals surface area (Å²) < 4.78 is 9.79. The van der Waals surface area contributed by atoms with Crippen molar-refractivity contribution < 1.29 is 24.2 Å². The second-order valence-electron chi connectivity index (χ2n) is 3.48. The maximum Gasteiger partial charge on any atom is 0.335 e. The van der Waals surface area contributed by atoms with E-state index in [0.717, 1.165) is 0 Å². The highest BCUT2D eigenvalue weighted by Crippen LogP contribution is 2.10. The van der Waals surface area contributed by atoms with Crippen molar-refractivity contribution in [1.82, 2.24) is 0 Å². The van der Waals surface area contributed by atoms with E-state index < -0.39 is 5.97 Å². The standard InChI is InChI=1S/C12H15NO5/c1-17-5-6-18-8-11(14)13-10-4-2-3-9(7-10)12(15)16/h2-4,7H,5-6,8H2,1H3,(H,13,14)(H,15,16). The number of benzene rings is 1. The molecule has 0 radical (unpaired) electrons. The Balaban J connectivity index is 2.44. The van der Waals surface area contributed by atoms with Crippen molar-refractivity contribution in [2.24, 2.45) is 0 Å². The van der Waals surface area contributed by atoms with E-state index in [1.807, 2.05) is 0 Å². The number of amides is 1. The van der Waals surface area contributed by atoms with E-state index in [0.29, 0.717) is 18.9 Å². The third-order valence-electron chi connectivity index (χ3n) is 2.06. The van der Waals surface area contributed by atoms with Gasteiger partial charge in [0.1, 0.15) is 6.61 Å². The topological polar surface area (TPSA) is 84.9 Å². The molecule has 1 aromatic rings. The molecule has 18 heavy (non-hydrogen) atoms. The molecule has 0 saturated heterocycles. The van der Waals surface area contributed by atoms with Gasteiger partial charge in [0.2, 0.25) is 5.91 Å². The molecule has 0 heterocycles. The Morgan fingerprint density at radius 2 is 2.11 bits per heavy atom. The number of nitrogens with one attached hydrogen (secondary N) is 1. The van der Waals surface area contributed by atoms with Crippen molar-refractivity contribution in [3.8, 4) is 0 Å². The van der Waals surface area contributed by atoms with Crippen LogP contribution in [-0.2, 0) is 14.3 Å². The first-order valence-electron chi connectivity index (χ1n) is 5.33. The van der Waals surface area contributed by atoms with Crippen LogP contribution in [0.25, 0.3) is 0 Å². The third kappa shape index (κ3) is 4.94. The predicted octanol–water partition coefficient (Wildman–Crippen LogP) is 0.986. The van der Waals surface area contributed by atoms with E-state index in [1.54, 1.807) is 19.2 Å². The summed E-state index contributed by atoms with van der Waals surface area (Å²) >= 11 is 0. The summed E-state index contributed by atoms with van der Waals surface area (Å²) in [5.74, 6) is -1.38. The first kappa shape index (κ1) is 14.1. The van der Waals surface area contributed by atoms with Gasteiger partial charge in [-0.3, -0.25) is 4.79 Å². The largest absolute Gasteiger partial charge is 0.478 e. The fraction of sp³-hybridized carbons (Fsp3) is 0.333. The molecule has 2 N–H and O–H groups in total. The van der Waals surface area contributed by atoms with E-state index in [-0.39, 0.29) is 18.1 Å². The lowest BCUT2D eigenvalue weighted by atomic mass is 10.2. The molecule has 0 saturated carbocycles. The molecule has 6 heteroatoms. The Bertz CT molecular complexity index is 419. The van der Waals surface area contributed by atoms with Gasteiger partial charge < -0.3 is 19.9 Å². The summed E-state index contributed by atoms with van der Waals surface area (Å²) in [6.45, 7) is 0.654. The minimum atomic E-state index is -1.04. The van der Waals surface area contributed by atoms with Crippen LogP contribution in [0.3, 0.4) is 0 Å². The molecule has 0 aliphatic rings. The van der Waals surface area contributed by atoms with Crippen molar-refractivity contribution in [2.45, 2.75) is 0 Å². The Morgan fingerprint density at radius 1 is 1.33 bits per heavy atom. The van der Waals surface area contributed by atoms with Gasteiger partial charge in [0.25, 0.3) is 0 Å². The zero-order valence-electron chi connectivity index (χ0n) is 10.0. The molecule has 0 bridgehead atoms. The summed E-state index contributed by atoms with van der Waals surface area (Å²) in [5, 5.41) is 11.3. The van der Waals surface area contributed by atoms with E-state index in [1.165, 1.54) is 12.1 Å². The molecule has 6 nitrogen and oxygen atoms in total. The fourth-order valence-corrected chi connectivity index (χ4v) is 1.23. The Morgan fingerprint density at radius 3 is 2.78 bits per heavy atom. The van der Waals surface area contributed by atoms with Gasteiger partial charge in [-0.2, -0.15) is 0 Å². The van der Waals surface area contributed by atoms with E-state index >= 15 is 0 Å². The second-order valence-corrected chi connectivity index (χ2v) is 3.48. The molecule has 1 rings (SSSR count). The average molecular weight is 253 g/mol. The van der Waals surface area contributed by atoms with Gasteiger partial charge in [-0.05, 0) is 18.2 Å². The number of anilines is 1. The number of rotatable bonds is 7. The SMILES string of the molecule is COCCOCC(=O)Nc1cccc(C(=O)O)c1. The van der Waals surface area contributed by atoms with Gasteiger partial charge in [0.05, 0.1) is 18.8 Å². The lowest BCUT2D eigenvalue weighted by molar-refractivity contribution is -0.121. The molecular formula is C12H15NO5. The summed E-state index contributed by atoms with van der Waals surface area (Å²) in [4.78, 5) is 22.2. The molecule has 1 amide bonds. The first-order chi connectivity index (χ1) is 8.63. The van der Waals surface area contributed by atoms with Gasteiger partial charge in [-0.1, -0.05) is 6.07 Å². The van der Waals surface area contributed by atoms with Gasteiger partial charge in [-0.15, -0.1) is 0 Å². The minimum absolute atomic E-state index is 0.0966. The molecule has 0 atom stereocenters.